The highest BCUT2D eigenvalue weighted by Gasteiger charge is 2.30. The maximum Gasteiger partial charge on any atom is 0.165 e. The van der Waals surface area contributed by atoms with E-state index in [0.29, 0.717) is 19.4 Å². The number of hydrogen-bond donors (Lipinski definition) is 0. The van der Waals surface area contributed by atoms with Gasteiger partial charge in [-0.2, -0.15) is 0 Å². The number of carbonyl (C=O) groups is 1. The Morgan fingerprint density at radius 3 is 2.45 bits per heavy atom. The third kappa shape index (κ3) is 4.17. The Bertz CT molecular complexity index is 1130. The zero-order valence-corrected chi connectivity index (χ0v) is 17.3. The topological polar surface area (TPSA) is 69.0 Å². The first-order valence-electron chi connectivity index (χ1n) is 9.83. The lowest BCUT2D eigenvalue weighted by Crippen LogP contribution is -2.17. The molecule has 0 saturated heterocycles. The van der Waals surface area contributed by atoms with E-state index >= 15 is 0 Å². The fraction of sp³-hybridized carbons (Fsp3) is 0.304. The molecule has 0 bridgehead atoms. The summed E-state index contributed by atoms with van der Waals surface area (Å²) in [7, 11) is -3.13. The zero-order chi connectivity index (χ0) is 20.4. The van der Waals surface area contributed by atoms with Crippen molar-refractivity contribution in [3.63, 3.8) is 0 Å². The highest BCUT2D eigenvalue weighted by Crippen LogP contribution is 2.37. The SMILES string of the molecule is CS(=O)(=O)CCn1c2c(c(Cc3ccccc3)c1-c1ccncc1)C(=O)CCC2. The molecule has 6 heteroatoms. The van der Waals surface area contributed by atoms with E-state index in [1.165, 1.54) is 6.26 Å². The maximum atomic E-state index is 13.0. The van der Waals surface area contributed by atoms with Crippen molar-refractivity contribution in [3.05, 3.63) is 77.2 Å². The van der Waals surface area contributed by atoms with E-state index in [0.717, 1.165) is 46.5 Å². The number of fused-ring (bicyclic) bond motifs is 1. The number of pyridine rings is 1. The lowest BCUT2D eigenvalue weighted by Gasteiger charge is -2.16. The molecule has 150 valence electrons. The third-order valence-electron chi connectivity index (χ3n) is 5.43. The predicted octanol–water partition coefficient (Wildman–Crippen LogP) is 3.70. The van der Waals surface area contributed by atoms with E-state index in [1.54, 1.807) is 12.4 Å². The summed E-state index contributed by atoms with van der Waals surface area (Å²) in [4.78, 5) is 17.1. The van der Waals surface area contributed by atoms with Crippen molar-refractivity contribution in [1.29, 1.82) is 0 Å². The zero-order valence-electron chi connectivity index (χ0n) is 16.5. The summed E-state index contributed by atoms with van der Waals surface area (Å²) in [6.45, 7) is 0.348. The second-order valence-corrected chi connectivity index (χ2v) is 9.87. The Kier molecular flexibility index (Phi) is 5.37. The number of rotatable bonds is 6. The second-order valence-electron chi connectivity index (χ2n) is 7.61. The molecule has 0 aliphatic heterocycles. The molecule has 5 nitrogen and oxygen atoms in total. The van der Waals surface area contributed by atoms with Crippen LogP contribution in [0.15, 0.2) is 54.9 Å². The van der Waals surface area contributed by atoms with Crippen LogP contribution >= 0.6 is 0 Å². The molecule has 1 aliphatic rings. The molecule has 0 atom stereocenters. The van der Waals surface area contributed by atoms with E-state index in [-0.39, 0.29) is 11.5 Å². The van der Waals surface area contributed by atoms with Gasteiger partial charge in [0.25, 0.3) is 0 Å². The minimum Gasteiger partial charge on any atom is -0.343 e. The number of ketones is 1. The van der Waals surface area contributed by atoms with Gasteiger partial charge in [0.05, 0.1) is 11.4 Å². The summed E-state index contributed by atoms with van der Waals surface area (Å²) >= 11 is 0. The lowest BCUT2D eigenvalue weighted by molar-refractivity contribution is 0.0971. The van der Waals surface area contributed by atoms with Crippen LogP contribution in [0.4, 0.5) is 0 Å². The smallest absolute Gasteiger partial charge is 0.165 e. The Labute approximate surface area is 171 Å². The predicted molar refractivity (Wildman–Crippen MR) is 114 cm³/mol. The van der Waals surface area contributed by atoms with Crippen molar-refractivity contribution >= 4 is 15.6 Å². The molecule has 0 spiro atoms. The van der Waals surface area contributed by atoms with Crippen molar-refractivity contribution in [2.24, 2.45) is 0 Å². The van der Waals surface area contributed by atoms with Crippen LogP contribution in [0.2, 0.25) is 0 Å². The molecule has 3 aromatic rings. The minimum atomic E-state index is -3.13. The molecule has 4 rings (SSSR count). The number of benzene rings is 1. The largest absolute Gasteiger partial charge is 0.343 e. The minimum absolute atomic E-state index is 0.0468. The van der Waals surface area contributed by atoms with Gasteiger partial charge in [-0.3, -0.25) is 9.78 Å². The van der Waals surface area contributed by atoms with Gasteiger partial charge in [0.1, 0.15) is 9.84 Å². The van der Waals surface area contributed by atoms with Gasteiger partial charge in [0.15, 0.2) is 5.78 Å². The van der Waals surface area contributed by atoms with Gasteiger partial charge in [-0.05, 0) is 36.1 Å². The van der Waals surface area contributed by atoms with E-state index < -0.39 is 9.84 Å². The number of hydrogen-bond acceptors (Lipinski definition) is 4. The molecule has 0 fully saturated rings. The van der Waals surface area contributed by atoms with Crippen LogP contribution in [-0.2, 0) is 29.2 Å². The van der Waals surface area contributed by atoms with E-state index in [1.807, 2.05) is 30.3 Å². The fourth-order valence-electron chi connectivity index (χ4n) is 4.17. The third-order valence-corrected chi connectivity index (χ3v) is 6.36. The molecule has 0 saturated carbocycles. The van der Waals surface area contributed by atoms with Crippen LogP contribution < -0.4 is 0 Å². The van der Waals surface area contributed by atoms with Crippen LogP contribution in [0.1, 0.15) is 40.0 Å². The van der Waals surface area contributed by atoms with Crippen molar-refractivity contribution in [1.82, 2.24) is 9.55 Å². The summed E-state index contributed by atoms with van der Waals surface area (Å²) in [6, 6.07) is 13.9. The molecule has 2 heterocycles. The Morgan fingerprint density at radius 2 is 1.76 bits per heavy atom. The normalized spacial score (nSPS) is 14.0. The standard InChI is InChI=1S/C23H24N2O3S/c1-29(27,28)15-14-25-20-8-5-9-21(26)22(20)19(16-17-6-3-2-4-7-17)23(25)18-10-12-24-13-11-18/h2-4,6-7,10-13H,5,8-9,14-16H2,1H3. The average Bonchev–Trinajstić information content (AvgIpc) is 3.02. The number of sulfone groups is 1. The summed E-state index contributed by atoms with van der Waals surface area (Å²) < 4.78 is 25.9. The molecular formula is C23H24N2O3S. The fourth-order valence-corrected chi connectivity index (χ4v) is 4.69. The van der Waals surface area contributed by atoms with Gasteiger partial charge >= 0.3 is 0 Å². The van der Waals surface area contributed by atoms with Crippen LogP contribution in [0, 0.1) is 0 Å². The average molecular weight is 409 g/mol. The first kappa shape index (κ1) is 19.6. The van der Waals surface area contributed by atoms with Crippen molar-refractivity contribution < 1.29 is 13.2 Å². The van der Waals surface area contributed by atoms with Crippen molar-refractivity contribution in [3.8, 4) is 11.3 Å². The summed E-state index contributed by atoms with van der Waals surface area (Å²) in [5.74, 6) is 0.205. The van der Waals surface area contributed by atoms with Crippen molar-refractivity contribution in [2.75, 3.05) is 12.0 Å². The second kappa shape index (κ2) is 7.95. The van der Waals surface area contributed by atoms with Gasteiger partial charge < -0.3 is 4.57 Å². The van der Waals surface area contributed by atoms with E-state index in [2.05, 4.69) is 21.7 Å². The summed E-state index contributed by atoms with van der Waals surface area (Å²) in [5.41, 5.74) is 5.80. The molecule has 0 radical (unpaired) electrons. The van der Waals surface area contributed by atoms with Gasteiger partial charge in [-0.15, -0.1) is 0 Å². The molecule has 29 heavy (non-hydrogen) atoms. The van der Waals surface area contributed by atoms with Crippen LogP contribution in [0.3, 0.4) is 0 Å². The summed E-state index contributed by atoms with van der Waals surface area (Å²) in [6.07, 6.45) is 7.49. The molecule has 1 aromatic carbocycles. The van der Waals surface area contributed by atoms with E-state index in [9.17, 15) is 13.2 Å². The number of aromatic nitrogens is 2. The molecule has 0 amide bonds. The maximum absolute atomic E-state index is 13.0. The lowest BCUT2D eigenvalue weighted by atomic mass is 9.90. The molecule has 0 unspecified atom stereocenters. The van der Waals surface area contributed by atoms with Gasteiger partial charge in [0.2, 0.25) is 0 Å². The van der Waals surface area contributed by atoms with Gasteiger partial charge in [0, 0.05) is 54.9 Å². The monoisotopic (exact) mass is 408 g/mol. The Hall–Kier alpha value is -2.73. The first-order chi connectivity index (χ1) is 13.9. The Morgan fingerprint density at radius 1 is 1.03 bits per heavy atom. The van der Waals surface area contributed by atoms with Crippen LogP contribution in [0.25, 0.3) is 11.3 Å². The highest BCUT2D eigenvalue weighted by molar-refractivity contribution is 7.90. The summed E-state index contributed by atoms with van der Waals surface area (Å²) in [5, 5.41) is 0. The van der Waals surface area contributed by atoms with E-state index in [4.69, 9.17) is 0 Å². The molecular weight excluding hydrogens is 384 g/mol. The van der Waals surface area contributed by atoms with Gasteiger partial charge in [-0.1, -0.05) is 30.3 Å². The molecule has 1 aliphatic carbocycles. The molecule has 2 aromatic heterocycles. The van der Waals surface area contributed by atoms with Crippen LogP contribution in [-0.4, -0.2) is 35.8 Å². The van der Waals surface area contributed by atoms with Crippen LogP contribution in [0.5, 0.6) is 0 Å². The Balaban J connectivity index is 1.94. The molecule has 0 N–H and O–H groups in total. The quantitative estimate of drug-likeness (QED) is 0.624. The number of Topliss-reactive ketones (excluding diaryl/α,β-unsaturated/α-hetero) is 1. The number of nitrogens with zero attached hydrogens (tertiary/aromatic N) is 2. The van der Waals surface area contributed by atoms with Crippen molar-refractivity contribution in [2.45, 2.75) is 32.2 Å². The number of carbonyl (C=O) groups excluding carboxylic acids is 1. The van der Waals surface area contributed by atoms with Gasteiger partial charge in [-0.25, -0.2) is 8.42 Å². The first-order valence-corrected chi connectivity index (χ1v) is 11.9. The highest BCUT2D eigenvalue weighted by atomic mass is 32.2.